The van der Waals surface area contributed by atoms with Gasteiger partial charge < -0.3 is 9.47 Å². The Morgan fingerprint density at radius 1 is 0.926 bits per heavy atom. The van der Waals surface area contributed by atoms with Gasteiger partial charge in [0.2, 0.25) is 0 Å². The molecule has 0 atom stereocenters. The molecule has 0 saturated heterocycles. The van der Waals surface area contributed by atoms with Gasteiger partial charge in [-0.2, -0.15) is 0 Å². The van der Waals surface area contributed by atoms with Crippen LogP contribution in [0.25, 0.3) is 0 Å². The van der Waals surface area contributed by atoms with Gasteiger partial charge >= 0.3 is 11.9 Å². The predicted octanol–water partition coefficient (Wildman–Crippen LogP) is 5.40. The normalized spacial score (nSPS) is 11.4. The highest BCUT2D eigenvalue weighted by atomic mass is 79.9. The van der Waals surface area contributed by atoms with E-state index in [-0.39, 0.29) is 11.9 Å². The molecule has 2 heterocycles. The van der Waals surface area contributed by atoms with Gasteiger partial charge in [0, 0.05) is 0 Å². The Balaban J connectivity index is 0.000000271. The number of alkyl halides is 1. The molecule has 0 spiro atoms. The highest BCUT2D eigenvalue weighted by Crippen LogP contribution is 2.19. The third-order valence-electron chi connectivity index (χ3n) is 2.49. The third-order valence-corrected chi connectivity index (χ3v) is 5.26. The first-order chi connectivity index (χ1) is 12.3. The zero-order chi connectivity index (χ0) is 20.8. The lowest BCUT2D eigenvalue weighted by Gasteiger charge is -2.18. The predicted molar refractivity (Wildman–Crippen MR) is 112 cm³/mol. The Labute approximate surface area is 176 Å². The Morgan fingerprint density at radius 2 is 1.37 bits per heavy atom. The van der Waals surface area contributed by atoms with E-state index in [0.29, 0.717) is 15.1 Å². The van der Waals surface area contributed by atoms with Crippen LogP contribution in [0.4, 0.5) is 0 Å². The van der Waals surface area contributed by atoms with Crippen molar-refractivity contribution in [3.8, 4) is 0 Å². The fourth-order valence-electron chi connectivity index (χ4n) is 1.58. The summed E-state index contributed by atoms with van der Waals surface area (Å²) in [5, 5.41) is 2.42. The monoisotopic (exact) mass is 476 g/mol. The van der Waals surface area contributed by atoms with Crippen LogP contribution >= 0.6 is 38.6 Å². The second-order valence-electron chi connectivity index (χ2n) is 7.50. The number of rotatable bonds is 3. The van der Waals surface area contributed by atoms with E-state index in [9.17, 15) is 9.59 Å². The van der Waals surface area contributed by atoms with Crippen LogP contribution in [0.2, 0.25) is 0 Å². The molecule has 0 N–H and O–H groups in total. The van der Waals surface area contributed by atoms with E-state index >= 15 is 0 Å². The fraction of sp³-hybridized carbons (Fsp3) is 0.556. The van der Waals surface area contributed by atoms with Crippen molar-refractivity contribution in [1.82, 2.24) is 9.97 Å². The van der Waals surface area contributed by atoms with Crippen LogP contribution in [0.1, 0.15) is 70.9 Å². The van der Waals surface area contributed by atoms with Gasteiger partial charge in [-0.1, -0.05) is 15.9 Å². The lowest BCUT2D eigenvalue weighted by molar-refractivity contribution is 0.00622. The van der Waals surface area contributed by atoms with Crippen molar-refractivity contribution >= 4 is 50.5 Å². The number of ether oxygens (including phenoxy) is 2. The minimum absolute atomic E-state index is 0.293. The van der Waals surface area contributed by atoms with Crippen LogP contribution in [0, 0.1) is 6.92 Å². The number of nitrogens with zero attached hydrogens (tertiary/aromatic N) is 2. The van der Waals surface area contributed by atoms with E-state index < -0.39 is 11.2 Å². The second-order valence-corrected chi connectivity index (χ2v) is 10.4. The standard InChI is InChI=1S/C9H12BrNO2S.C9H13NO2S/c1-9(2,3)13-8(12)6-5-11-7(4-10)14-6;1-6-10-5-7(13-6)8(11)12-9(2,3)4/h5H,4H2,1-3H3;5H,1-4H3. The third kappa shape index (κ3) is 9.44. The number of carbonyl (C=O) groups is 2. The molecule has 0 radical (unpaired) electrons. The highest BCUT2D eigenvalue weighted by Gasteiger charge is 2.20. The summed E-state index contributed by atoms with van der Waals surface area (Å²) >= 11 is 5.98. The molecule has 9 heteroatoms. The summed E-state index contributed by atoms with van der Waals surface area (Å²) in [5.74, 6) is -0.597. The largest absolute Gasteiger partial charge is 0.456 e. The van der Waals surface area contributed by atoms with Crippen molar-refractivity contribution in [1.29, 1.82) is 0 Å². The summed E-state index contributed by atoms with van der Waals surface area (Å²) in [6.07, 6.45) is 3.10. The van der Waals surface area contributed by atoms with E-state index in [0.717, 1.165) is 10.0 Å². The van der Waals surface area contributed by atoms with Gasteiger partial charge in [-0.25, -0.2) is 19.6 Å². The zero-order valence-corrected chi connectivity index (χ0v) is 19.8. The Morgan fingerprint density at radius 3 is 1.70 bits per heavy atom. The maximum atomic E-state index is 11.5. The molecule has 27 heavy (non-hydrogen) atoms. The van der Waals surface area contributed by atoms with Crippen molar-refractivity contribution in [2.24, 2.45) is 0 Å². The van der Waals surface area contributed by atoms with Gasteiger partial charge in [-0.15, -0.1) is 22.7 Å². The minimum atomic E-state index is -0.449. The number of carbonyl (C=O) groups excluding carboxylic acids is 2. The number of esters is 2. The molecular weight excluding hydrogens is 452 g/mol. The molecule has 0 bridgehead atoms. The van der Waals surface area contributed by atoms with E-state index in [1.807, 2.05) is 48.5 Å². The first kappa shape index (κ1) is 23.7. The molecule has 0 saturated carbocycles. The maximum absolute atomic E-state index is 11.5. The van der Waals surface area contributed by atoms with E-state index in [1.54, 1.807) is 12.4 Å². The molecule has 2 rings (SSSR count). The molecule has 0 unspecified atom stereocenters. The lowest BCUT2D eigenvalue weighted by Crippen LogP contribution is -2.23. The van der Waals surface area contributed by atoms with Crippen LogP contribution < -0.4 is 0 Å². The molecule has 0 aliphatic carbocycles. The SMILES string of the molecule is CC(C)(C)OC(=O)c1cnc(CBr)s1.Cc1ncc(C(=O)OC(C)(C)C)s1. The van der Waals surface area contributed by atoms with E-state index in [1.165, 1.54) is 22.7 Å². The summed E-state index contributed by atoms with van der Waals surface area (Å²) in [5.41, 5.74) is -0.884. The van der Waals surface area contributed by atoms with Gasteiger partial charge in [0.05, 0.1) is 22.7 Å². The molecule has 150 valence electrons. The molecule has 0 aromatic carbocycles. The number of hydrogen-bond donors (Lipinski definition) is 0. The Kier molecular flexibility index (Phi) is 8.56. The van der Waals surface area contributed by atoms with Crippen molar-refractivity contribution in [3.63, 3.8) is 0 Å². The van der Waals surface area contributed by atoms with Gasteiger partial charge in [0.1, 0.15) is 26.0 Å². The zero-order valence-electron chi connectivity index (χ0n) is 16.6. The minimum Gasteiger partial charge on any atom is -0.456 e. The van der Waals surface area contributed by atoms with Crippen molar-refractivity contribution in [3.05, 3.63) is 32.2 Å². The summed E-state index contributed by atoms with van der Waals surface area (Å²) < 4.78 is 10.4. The van der Waals surface area contributed by atoms with Crippen LogP contribution in [0.15, 0.2) is 12.4 Å². The lowest BCUT2D eigenvalue weighted by atomic mass is 10.2. The molecular formula is C18H25BrN2O4S2. The summed E-state index contributed by atoms with van der Waals surface area (Å²) in [7, 11) is 0. The van der Waals surface area contributed by atoms with E-state index in [4.69, 9.17) is 9.47 Å². The maximum Gasteiger partial charge on any atom is 0.350 e. The molecule has 2 aromatic heterocycles. The Bertz CT molecular complexity index is 773. The quantitative estimate of drug-likeness (QED) is 0.435. The van der Waals surface area contributed by atoms with Crippen LogP contribution in [-0.4, -0.2) is 33.1 Å². The smallest absolute Gasteiger partial charge is 0.350 e. The number of thiazole rings is 2. The molecule has 2 aromatic rings. The highest BCUT2D eigenvalue weighted by molar-refractivity contribution is 9.08. The van der Waals surface area contributed by atoms with Crippen LogP contribution in [-0.2, 0) is 14.8 Å². The number of aryl methyl sites for hydroxylation is 1. The molecule has 6 nitrogen and oxygen atoms in total. The fourth-order valence-corrected chi connectivity index (χ4v) is 3.37. The first-order valence-electron chi connectivity index (χ1n) is 8.20. The molecule has 0 amide bonds. The average Bonchev–Trinajstić information content (AvgIpc) is 3.13. The summed E-state index contributed by atoms with van der Waals surface area (Å²) in [4.78, 5) is 32.1. The molecule has 0 aliphatic heterocycles. The molecule has 0 aliphatic rings. The first-order valence-corrected chi connectivity index (χ1v) is 11.0. The number of halogens is 1. The number of aromatic nitrogens is 2. The Hall–Kier alpha value is -1.32. The van der Waals surface area contributed by atoms with Gasteiger partial charge in [-0.3, -0.25) is 0 Å². The second kappa shape index (κ2) is 9.75. The van der Waals surface area contributed by atoms with Crippen LogP contribution in [0.5, 0.6) is 0 Å². The van der Waals surface area contributed by atoms with Crippen molar-refractivity contribution in [2.75, 3.05) is 0 Å². The summed E-state index contributed by atoms with van der Waals surface area (Å²) in [6.45, 7) is 12.9. The van der Waals surface area contributed by atoms with Gasteiger partial charge in [0.15, 0.2) is 0 Å². The van der Waals surface area contributed by atoms with E-state index in [2.05, 4.69) is 25.9 Å². The van der Waals surface area contributed by atoms with Gasteiger partial charge in [-0.05, 0) is 48.5 Å². The van der Waals surface area contributed by atoms with Crippen molar-refractivity contribution in [2.45, 2.75) is 65.0 Å². The topological polar surface area (TPSA) is 78.4 Å². The average molecular weight is 477 g/mol. The number of hydrogen-bond acceptors (Lipinski definition) is 8. The van der Waals surface area contributed by atoms with Crippen LogP contribution in [0.3, 0.4) is 0 Å². The van der Waals surface area contributed by atoms with Crippen molar-refractivity contribution < 1.29 is 19.1 Å². The molecule has 0 fully saturated rings. The van der Waals surface area contributed by atoms with Gasteiger partial charge in [0.25, 0.3) is 0 Å². The summed E-state index contributed by atoms with van der Waals surface area (Å²) in [6, 6.07) is 0.